The molecule has 0 spiro atoms. The summed E-state index contributed by atoms with van der Waals surface area (Å²) in [4.78, 5) is 19.7. The SMILES string of the molecule is C=CC(=O)N1CCOC(C2=C[C@H](Cl)N(C)C(c3ccncc3)=C2)C1. The summed E-state index contributed by atoms with van der Waals surface area (Å²) in [6, 6.07) is 3.90. The van der Waals surface area contributed by atoms with Gasteiger partial charge in [-0.3, -0.25) is 9.78 Å². The van der Waals surface area contributed by atoms with Crippen LogP contribution in [0.25, 0.3) is 5.70 Å². The lowest BCUT2D eigenvalue weighted by Gasteiger charge is -2.36. The van der Waals surface area contributed by atoms with Crippen LogP contribution in [0.5, 0.6) is 0 Å². The van der Waals surface area contributed by atoms with E-state index in [1.54, 1.807) is 17.3 Å². The third kappa shape index (κ3) is 3.37. The first-order valence-corrected chi connectivity index (χ1v) is 8.27. The van der Waals surface area contributed by atoms with E-state index in [1.807, 2.05) is 30.2 Å². The fraction of sp³-hybridized carbons (Fsp3) is 0.333. The molecule has 5 nitrogen and oxygen atoms in total. The van der Waals surface area contributed by atoms with Gasteiger partial charge < -0.3 is 14.5 Å². The molecular formula is C18H20ClN3O2. The van der Waals surface area contributed by atoms with E-state index in [2.05, 4.69) is 17.6 Å². The van der Waals surface area contributed by atoms with Crippen molar-refractivity contribution in [1.82, 2.24) is 14.8 Å². The number of carbonyl (C=O) groups excluding carboxylic acids is 1. The Morgan fingerprint density at radius 3 is 2.92 bits per heavy atom. The van der Waals surface area contributed by atoms with Gasteiger partial charge in [-0.15, -0.1) is 0 Å². The highest BCUT2D eigenvalue weighted by atomic mass is 35.5. The minimum absolute atomic E-state index is 0.0717. The summed E-state index contributed by atoms with van der Waals surface area (Å²) in [6.45, 7) is 5.14. The van der Waals surface area contributed by atoms with Crippen LogP contribution in [0.4, 0.5) is 0 Å². The maximum atomic E-state index is 11.9. The molecule has 0 bridgehead atoms. The molecule has 1 amide bonds. The zero-order chi connectivity index (χ0) is 17.1. The number of pyridine rings is 1. The number of morpholine rings is 1. The number of nitrogens with zero attached hydrogens (tertiary/aromatic N) is 3. The van der Waals surface area contributed by atoms with Gasteiger partial charge in [-0.1, -0.05) is 18.2 Å². The van der Waals surface area contributed by atoms with E-state index < -0.39 is 0 Å². The molecule has 1 aromatic heterocycles. The molecule has 0 aromatic carbocycles. The van der Waals surface area contributed by atoms with Crippen molar-refractivity contribution < 1.29 is 9.53 Å². The second-order valence-corrected chi connectivity index (χ2v) is 6.21. The highest BCUT2D eigenvalue weighted by Crippen LogP contribution is 2.31. The lowest BCUT2D eigenvalue weighted by atomic mass is 10.00. The summed E-state index contributed by atoms with van der Waals surface area (Å²) < 4.78 is 5.88. The molecule has 0 N–H and O–H groups in total. The molecule has 1 fully saturated rings. The molecular weight excluding hydrogens is 326 g/mol. The summed E-state index contributed by atoms with van der Waals surface area (Å²) in [5.74, 6) is -0.0717. The maximum absolute atomic E-state index is 11.9. The molecule has 3 heterocycles. The van der Waals surface area contributed by atoms with Gasteiger partial charge in [0, 0.05) is 37.2 Å². The summed E-state index contributed by atoms with van der Waals surface area (Å²) in [6.07, 6.45) is 8.71. The van der Waals surface area contributed by atoms with Gasteiger partial charge in [-0.25, -0.2) is 0 Å². The minimum Gasteiger partial charge on any atom is -0.370 e. The second kappa shape index (κ2) is 7.20. The lowest BCUT2D eigenvalue weighted by molar-refractivity contribution is -0.132. The third-order valence-corrected chi connectivity index (χ3v) is 4.70. The van der Waals surface area contributed by atoms with Gasteiger partial charge in [0.15, 0.2) is 0 Å². The minimum atomic E-state index is -0.276. The van der Waals surface area contributed by atoms with Gasteiger partial charge in [0.25, 0.3) is 0 Å². The monoisotopic (exact) mass is 345 g/mol. The van der Waals surface area contributed by atoms with E-state index >= 15 is 0 Å². The molecule has 24 heavy (non-hydrogen) atoms. The van der Waals surface area contributed by atoms with Crippen LogP contribution in [0.15, 0.2) is 54.9 Å². The number of hydrogen-bond donors (Lipinski definition) is 0. The number of carbonyl (C=O) groups is 1. The lowest BCUT2D eigenvalue weighted by Crippen LogP contribution is -2.46. The Labute approximate surface area is 146 Å². The number of hydrogen-bond acceptors (Lipinski definition) is 4. The van der Waals surface area contributed by atoms with Crippen molar-refractivity contribution in [2.75, 3.05) is 26.7 Å². The van der Waals surface area contributed by atoms with Gasteiger partial charge in [0.2, 0.25) is 5.91 Å². The average Bonchev–Trinajstić information content (AvgIpc) is 2.64. The van der Waals surface area contributed by atoms with E-state index in [-0.39, 0.29) is 17.5 Å². The molecule has 2 aliphatic heterocycles. The van der Waals surface area contributed by atoms with Crippen LogP contribution in [-0.4, -0.2) is 59.0 Å². The van der Waals surface area contributed by atoms with Crippen LogP contribution in [0.1, 0.15) is 5.56 Å². The summed E-state index contributed by atoms with van der Waals surface area (Å²) in [7, 11) is 1.95. The van der Waals surface area contributed by atoms with Crippen molar-refractivity contribution in [3.63, 3.8) is 0 Å². The number of amides is 1. The van der Waals surface area contributed by atoms with E-state index in [9.17, 15) is 4.79 Å². The van der Waals surface area contributed by atoms with E-state index in [0.717, 1.165) is 16.8 Å². The highest BCUT2D eigenvalue weighted by Gasteiger charge is 2.29. The molecule has 6 heteroatoms. The topological polar surface area (TPSA) is 45.7 Å². The van der Waals surface area contributed by atoms with Crippen LogP contribution < -0.4 is 0 Å². The second-order valence-electron chi connectivity index (χ2n) is 5.76. The molecule has 3 rings (SSSR count). The number of aromatic nitrogens is 1. The molecule has 0 saturated carbocycles. The average molecular weight is 346 g/mol. The van der Waals surface area contributed by atoms with Crippen molar-refractivity contribution in [2.45, 2.75) is 11.6 Å². The number of halogens is 1. The normalized spacial score (nSPS) is 24.2. The fourth-order valence-electron chi connectivity index (χ4n) is 2.90. The van der Waals surface area contributed by atoms with Gasteiger partial charge in [0.05, 0.1) is 13.2 Å². The number of ether oxygens (including phenoxy) is 1. The largest absolute Gasteiger partial charge is 0.370 e. The third-order valence-electron chi connectivity index (χ3n) is 4.28. The number of likely N-dealkylation sites (N-methyl/N-ethyl adjacent to an activating group) is 1. The van der Waals surface area contributed by atoms with Crippen LogP contribution in [-0.2, 0) is 9.53 Å². The van der Waals surface area contributed by atoms with Crippen LogP contribution >= 0.6 is 11.6 Å². The zero-order valence-corrected chi connectivity index (χ0v) is 14.3. The van der Waals surface area contributed by atoms with Crippen molar-refractivity contribution in [2.24, 2.45) is 0 Å². The first kappa shape index (κ1) is 16.7. The molecule has 2 aliphatic rings. The highest BCUT2D eigenvalue weighted by molar-refractivity contribution is 6.22. The van der Waals surface area contributed by atoms with Crippen LogP contribution in [0, 0.1) is 0 Å². The molecule has 1 saturated heterocycles. The molecule has 1 aromatic rings. The smallest absolute Gasteiger partial charge is 0.246 e. The standard InChI is InChI=1S/C18H20ClN3O2/c1-3-18(23)22-8-9-24-16(12-22)14-10-15(21(2)17(19)11-14)13-4-6-20-7-5-13/h3-7,10-11,16-17H,1,8-9,12H2,2H3/t16?,17-/m1/s1. The van der Waals surface area contributed by atoms with Crippen LogP contribution in [0.3, 0.4) is 0 Å². The molecule has 1 unspecified atom stereocenters. The summed E-state index contributed by atoms with van der Waals surface area (Å²) >= 11 is 6.49. The fourth-order valence-corrected chi connectivity index (χ4v) is 3.15. The predicted molar refractivity (Wildman–Crippen MR) is 94.2 cm³/mol. The van der Waals surface area contributed by atoms with Crippen molar-refractivity contribution in [3.8, 4) is 0 Å². The van der Waals surface area contributed by atoms with Crippen molar-refractivity contribution >= 4 is 23.2 Å². The van der Waals surface area contributed by atoms with Crippen LogP contribution in [0.2, 0.25) is 0 Å². The Kier molecular flexibility index (Phi) is 5.02. The van der Waals surface area contributed by atoms with Crippen molar-refractivity contribution in [1.29, 1.82) is 0 Å². The van der Waals surface area contributed by atoms with Gasteiger partial charge in [-0.2, -0.15) is 0 Å². The number of rotatable bonds is 3. The Hall–Kier alpha value is -2.11. The number of alkyl halides is 1. The van der Waals surface area contributed by atoms with Crippen molar-refractivity contribution in [3.05, 3.63) is 60.5 Å². The van der Waals surface area contributed by atoms with E-state index in [0.29, 0.717) is 19.7 Å². The molecule has 0 aliphatic carbocycles. The van der Waals surface area contributed by atoms with Gasteiger partial charge >= 0.3 is 0 Å². The Balaban J connectivity index is 1.87. The zero-order valence-electron chi connectivity index (χ0n) is 13.6. The van der Waals surface area contributed by atoms with Gasteiger partial charge in [0.1, 0.15) is 11.6 Å². The Morgan fingerprint density at radius 1 is 1.46 bits per heavy atom. The maximum Gasteiger partial charge on any atom is 0.246 e. The van der Waals surface area contributed by atoms with E-state index in [4.69, 9.17) is 16.3 Å². The first-order valence-electron chi connectivity index (χ1n) is 7.84. The Bertz CT molecular complexity index is 687. The predicted octanol–water partition coefficient (Wildman–Crippen LogP) is 2.27. The molecule has 2 atom stereocenters. The molecule has 0 radical (unpaired) electrons. The van der Waals surface area contributed by atoms with Gasteiger partial charge in [-0.05, 0) is 35.9 Å². The quantitative estimate of drug-likeness (QED) is 0.479. The molecule has 126 valence electrons. The first-order chi connectivity index (χ1) is 11.6. The summed E-state index contributed by atoms with van der Waals surface area (Å²) in [5.41, 5.74) is 2.76. The Morgan fingerprint density at radius 2 is 2.21 bits per heavy atom. The van der Waals surface area contributed by atoms with E-state index in [1.165, 1.54) is 6.08 Å². The summed E-state index contributed by atoms with van der Waals surface area (Å²) in [5, 5.41) is 0.